The van der Waals surface area contributed by atoms with Gasteiger partial charge in [0.1, 0.15) is 0 Å². The Bertz CT molecular complexity index is 575. The smallest absolute Gasteiger partial charge is 0.0307 e. The second-order valence-corrected chi connectivity index (χ2v) is 134. The van der Waals surface area contributed by atoms with Gasteiger partial charge in [0.25, 0.3) is 0 Å². The molecule has 0 saturated carbocycles. The molecule has 1 saturated heterocycles. The molecule has 0 unspecified atom stereocenters. The van der Waals surface area contributed by atoms with Gasteiger partial charge >= 0.3 is 0 Å². The van der Waals surface area contributed by atoms with E-state index < -0.39 is 64.5 Å². The Morgan fingerprint density at radius 2 is 0.586 bits per heavy atom. The molecule has 0 aromatic heterocycles. The molecular weight excluding hydrogens is 509 g/mol. The molecule has 0 nitrogen and oxygen atoms in total. The van der Waals surface area contributed by atoms with Crippen molar-refractivity contribution in [1.29, 1.82) is 0 Å². The topological polar surface area (TPSA) is 0 Å². The van der Waals surface area contributed by atoms with Crippen molar-refractivity contribution in [2.24, 2.45) is 0 Å². The number of hydrogen-bond donors (Lipinski definition) is 0. The molecule has 1 heterocycles. The first-order valence-electron chi connectivity index (χ1n) is 12.0. The molecule has 0 spiro atoms. The van der Waals surface area contributed by atoms with Crippen LogP contribution in [0, 0.1) is 0 Å². The van der Waals surface area contributed by atoms with E-state index in [0.29, 0.717) is 0 Å². The van der Waals surface area contributed by atoms with Crippen LogP contribution in [-0.2, 0) is 0 Å². The maximum absolute atomic E-state index is 3.04. The van der Waals surface area contributed by atoms with Crippen molar-refractivity contribution in [2.45, 2.75) is 124 Å². The van der Waals surface area contributed by atoms with Crippen LogP contribution in [0.4, 0.5) is 0 Å². The highest BCUT2D eigenvalue weighted by molar-refractivity contribution is 8.28. The van der Waals surface area contributed by atoms with Gasteiger partial charge < -0.3 is 0 Å². The molecule has 0 aromatic carbocycles. The molecule has 10 heteroatoms. The van der Waals surface area contributed by atoms with E-state index in [1.807, 2.05) is 0 Å². The molecule has 0 bridgehead atoms. The lowest BCUT2D eigenvalue weighted by Gasteiger charge is -2.76. The lowest BCUT2D eigenvalue weighted by atomic mass is 11.8. The van der Waals surface area contributed by atoms with Gasteiger partial charge in [-0.25, -0.2) is 0 Å². The first-order chi connectivity index (χ1) is 12.1. The normalized spacial score (nSPS) is 27.0. The van der Waals surface area contributed by atoms with Gasteiger partial charge in [-0.2, -0.15) is 0 Å². The van der Waals surface area contributed by atoms with Crippen LogP contribution in [0.2, 0.25) is 124 Å². The first kappa shape index (κ1) is 29.2. The molecule has 1 fully saturated rings. The summed E-state index contributed by atoms with van der Waals surface area (Å²) in [7, 11) is -9.67. The van der Waals surface area contributed by atoms with Crippen LogP contribution >= 0.6 is 0 Å². The molecule has 0 atom stereocenters. The van der Waals surface area contributed by atoms with Gasteiger partial charge in [0.2, 0.25) is 0 Å². The van der Waals surface area contributed by atoms with Gasteiger partial charge in [-0.3, -0.25) is 0 Å². The van der Waals surface area contributed by atoms with Gasteiger partial charge in [-0.15, -0.1) is 0 Å². The predicted molar refractivity (Wildman–Crippen MR) is 169 cm³/mol. The summed E-state index contributed by atoms with van der Waals surface area (Å²) in [6.07, 6.45) is -1.28. The minimum absolute atomic E-state index is 0.193. The fourth-order valence-electron chi connectivity index (χ4n) is 9.19. The Labute approximate surface area is 195 Å². The summed E-state index contributed by atoms with van der Waals surface area (Å²) in [5.74, 6) is 0. The zero-order valence-electron chi connectivity index (χ0n) is 24.0. The highest BCUT2D eigenvalue weighted by Gasteiger charge is 2.80. The van der Waals surface area contributed by atoms with Crippen LogP contribution in [0.15, 0.2) is 0 Å². The van der Waals surface area contributed by atoms with Crippen molar-refractivity contribution in [2.75, 3.05) is 0 Å². The third kappa shape index (κ3) is 3.46. The molecule has 29 heavy (non-hydrogen) atoms. The maximum Gasteiger partial charge on any atom is 0.0307 e. The van der Waals surface area contributed by atoms with Gasteiger partial charge in [-0.1, -0.05) is 124 Å². The van der Waals surface area contributed by atoms with E-state index in [2.05, 4.69) is 124 Å². The third-order valence-electron chi connectivity index (χ3n) is 11.2. The molecule has 1 rings (SSSR count). The Hall–Kier alpha value is 2.17. The average Bonchev–Trinajstić information content (AvgIpc) is 2.37. The van der Waals surface area contributed by atoms with Crippen molar-refractivity contribution >= 4 is 71.8 Å². The largest absolute Gasteiger partial charge is 0.0739 e. The van der Waals surface area contributed by atoms with Crippen LogP contribution in [0.25, 0.3) is 0 Å². The molecule has 0 amide bonds. The zero-order chi connectivity index (χ0) is 24.1. The molecule has 0 aromatic rings. The fourth-order valence-corrected chi connectivity index (χ4v) is 525. The summed E-state index contributed by atoms with van der Waals surface area (Å²) in [4.78, 5) is 0. The highest BCUT2D eigenvalue weighted by atomic mass is 30.4. The maximum atomic E-state index is 3.04. The van der Waals surface area contributed by atoms with Gasteiger partial charge in [0.15, 0.2) is 0 Å². The minimum Gasteiger partial charge on any atom is -0.0739 e. The summed E-state index contributed by atoms with van der Waals surface area (Å²) in [6.45, 7) is 56.1. The Kier molecular flexibility index (Phi) is 7.38. The monoisotopic (exact) mass is 565 g/mol. The van der Waals surface area contributed by atoms with E-state index in [-0.39, 0.29) is 7.35 Å². The van der Waals surface area contributed by atoms with Gasteiger partial charge in [-0.05, 0) is 0 Å². The Morgan fingerprint density at radius 3 is 0.759 bits per heavy atom. The zero-order valence-corrected chi connectivity index (χ0v) is 34.0. The quantitative estimate of drug-likeness (QED) is 0.314. The second-order valence-electron chi connectivity index (χ2n) is 16.0. The summed E-state index contributed by atoms with van der Waals surface area (Å²) in [5, 5.41) is 0. The molecule has 1 aliphatic rings. The molecular formula is C19H57Si10. The van der Waals surface area contributed by atoms with Crippen molar-refractivity contribution in [3.05, 3.63) is 0 Å². The number of rotatable bonds is 4. The summed E-state index contributed by atoms with van der Waals surface area (Å²) in [5.41, 5.74) is 0. The van der Waals surface area contributed by atoms with Crippen LogP contribution in [0.5, 0.6) is 0 Å². The van der Waals surface area contributed by atoms with E-state index in [9.17, 15) is 0 Å². The van der Waals surface area contributed by atoms with E-state index in [0.717, 1.165) is 0 Å². The molecule has 0 aliphatic carbocycles. The van der Waals surface area contributed by atoms with Gasteiger partial charge in [0.05, 0.1) is 0 Å². The molecule has 1 aliphatic heterocycles. The standard InChI is InChI=1S/C19H57Si10/c1-21(2,3)29(22(4,5)6,23(7,8)9)20-24(10,11)26(14,15)28(18,19)27(16,17)25(20,12)13/h1-19H3. The van der Waals surface area contributed by atoms with Crippen molar-refractivity contribution in [1.82, 2.24) is 0 Å². The van der Waals surface area contributed by atoms with E-state index in [1.165, 1.54) is 0 Å². The second kappa shape index (κ2) is 7.33. The van der Waals surface area contributed by atoms with Gasteiger partial charge in [0, 0.05) is 71.8 Å². The minimum atomic E-state index is -1.28. The van der Waals surface area contributed by atoms with Crippen molar-refractivity contribution in [3.63, 3.8) is 0 Å². The number of hydrogen-bond acceptors (Lipinski definition) is 0. The van der Waals surface area contributed by atoms with Crippen molar-refractivity contribution in [3.8, 4) is 0 Å². The highest BCUT2D eigenvalue weighted by Crippen LogP contribution is 2.53. The Morgan fingerprint density at radius 1 is 0.379 bits per heavy atom. The van der Waals surface area contributed by atoms with Crippen LogP contribution < -0.4 is 0 Å². The van der Waals surface area contributed by atoms with E-state index in [4.69, 9.17) is 0 Å². The molecule has 1 radical (unpaired) electrons. The predicted octanol–water partition coefficient (Wildman–Crippen LogP) is 7.28. The Balaban J connectivity index is 4.35. The average molecular weight is 567 g/mol. The van der Waals surface area contributed by atoms with Crippen LogP contribution in [0.1, 0.15) is 0 Å². The lowest BCUT2D eigenvalue weighted by Crippen LogP contribution is -3.07. The van der Waals surface area contributed by atoms with E-state index in [1.54, 1.807) is 0 Å². The summed E-state index contributed by atoms with van der Waals surface area (Å²) >= 11 is 0. The molecule has 173 valence electrons. The summed E-state index contributed by atoms with van der Waals surface area (Å²) in [6, 6.07) is 0. The van der Waals surface area contributed by atoms with Crippen molar-refractivity contribution < 1.29 is 0 Å². The summed E-state index contributed by atoms with van der Waals surface area (Å²) < 4.78 is 0. The SMILES string of the molecule is C[Si](C)(C)[Si]([Si]1[Si](C)(C)[Si](C)(C)[Si](C)(C)[Si](C)(C)[Si]1(C)C)([Si](C)(C)C)[Si](C)(C)C. The fraction of sp³-hybridized carbons (Fsp3) is 1.00. The third-order valence-corrected chi connectivity index (χ3v) is 279. The van der Waals surface area contributed by atoms with Crippen LogP contribution in [-0.4, -0.2) is 71.8 Å². The lowest BCUT2D eigenvalue weighted by molar-refractivity contribution is 1.74. The molecule has 0 N–H and O–H groups in total. The first-order valence-corrected chi connectivity index (χ1v) is 51.0. The van der Waals surface area contributed by atoms with Crippen LogP contribution in [0.3, 0.4) is 0 Å². The van der Waals surface area contributed by atoms with E-state index >= 15 is 0 Å².